The van der Waals surface area contributed by atoms with Crippen LogP contribution < -0.4 is 4.74 Å². The molecule has 2 aliphatic heterocycles. The molecule has 0 spiro atoms. The number of oxime groups is 1. The van der Waals surface area contributed by atoms with Crippen LogP contribution in [-0.4, -0.2) is 33.9 Å². The molecule has 33 heavy (non-hydrogen) atoms. The highest BCUT2D eigenvalue weighted by Gasteiger charge is 2.46. The van der Waals surface area contributed by atoms with Crippen LogP contribution in [0.1, 0.15) is 42.1 Å². The highest BCUT2D eigenvalue weighted by atomic mass is 19.1. The molecule has 0 amide bonds. The van der Waals surface area contributed by atoms with E-state index in [9.17, 15) is 4.39 Å². The number of aryl methyl sites for hydroxylation is 2. The van der Waals surface area contributed by atoms with Gasteiger partial charge in [-0.2, -0.15) is 0 Å². The number of rotatable bonds is 4. The zero-order valence-corrected chi connectivity index (χ0v) is 19.3. The fourth-order valence-corrected chi connectivity index (χ4v) is 4.62. The first-order valence-corrected chi connectivity index (χ1v) is 11.1. The SMILES string of the molecule is COc1cc(/C=C2\CCCN3C2=NOC3(C)c2cc(C)cc(F)c2)ccc1-n1cnc(C)c1. The predicted octanol–water partition coefficient (Wildman–Crippen LogP) is 5.33. The number of benzene rings is 2. The molecular formula is C26H27FN4O2. The van der Waals surface area contributed by atoms with Gasteiger partial charge in [-0.25, -0.2) is 9.37 Å². The molecule has 0 aliphatic carbocycles. The molecule has 1 aromatic heterocycles. The van der Waals surface area contributed by atoms with Gasteiger partial charge in [-0.05, 0) is 79.8 Å². The number of amidine groups is 1. The Balaban J connectivity index is 1.47. The molecule has 0 bridgehead atoms. The third kappa shape index (κ3) is 3.77. The third-order valence-electron chi connectivity index (χ3n) is 6.31. The molecular weight excluding hydrogens is 419 g/mol. The Hall–Kier alpha value is -3.61. The van der Waals surface area contributed by atoms with Crippen molar-refractivity contribution in [2.75, 3.05) is 13.7 Å². The number of halogens is 1. The standard InChI is InChI=1S/C26H27FN4O2/c1-17-10-21(14-22(27)11-17)26(3)31-9-5-6-20(25(31)29-33-26)12-19-7-8-23(24(13-19)32-4)30-15-18(2)28-16-30/h7-8,10-16H,5-6,9H2,1-4H3/b20-12+. The molecule has 6 nitrogen and oxygen atoms in total. The number of hydrogen-bond donors (Lipinski definition) is 0. The summed E-state index contributed by atoms with van der Waals surface area (Å²) >= 11 is 0. The number of piperidine rings is 1. The Morgan fingerprint density at radius 3 is 2.76 bits per heavy atom. The summed E-state index contributed by atoms with van der Waals surface area (Å²) in [7, 11) is 1.67. The van der Waals surface area contributed by atoms with Gasteiger partial charge in [0.25, 0.3) is 0 Å². The minimum atomic E-state index is -0.831. The van der Waals surface area contributed by atoms with Gasteiger partial charge < -0.3 is 19.0 Å². The van der Waals surface area contributed by atoms with E-state index in [-0.39, 0.29) is 5.82 Å². The summed E-state index contributed by atoms with van der Waals surface area (Å²) in [6.07, 6.45) is 7.73. The van der Waals surface area contributed by atoms with Crippen LogP contribution in [0.5, 0.6) is 5.75 Å². The van der Waals surface area contributed by atoms with Crippen LogP contribution in [0.2, 0.25) is 0 Å². The van der Waals surface area contributed by atoms with Crippen molar-refractivity contribution in [3.63, 3.8) is 0 Å². The van der Waals surface area contributed by atoms with Gasteiger partial charge in [-0.3, -0.25) is 0 Å². The van der Waals surface area contributed by atoms with Gasteiger partial charge in [0.15, 0.2) is 5.84 Å². The third-order valence-corrected chi connectivity index (χ3v) is 6.31. The average molecular weight is 447 g/mol. The second kappa shape index (κ2) is 8.06. The summed E-state index contributed by atoms with van der Waals surface area (Å²) in [6, 6.07) is 11.1. The summed E-state index contributed by atoms with van der Waals surface area (Å²) in [5, 5.41) is 4.44. The lowest BCUT2D eigenvalue weighted by molar-refractivity contribution is -0.0914. The lowest BCUT2D eigenvalue weighted by atomic mass is 9.94. The minimum absolute atomic E-state index is 0.267. The largest absolute Gasteiger partial charge is 0.495 e. The molecule has 1 atom stereocenters. The molecule has 3 aromatic rings. The predicted molar refractivity (Wildman–Crippen MR) is 126 cm³/mol. The van der Waals surface area contributed by atoms with E-state index in [1.165, 1.54) is 12.1 Å². The van der Waals surface area contributed by atoms with Crippen LogP contribution in [0.3, 0.4) is 0 Å². The molecule has 1 unspecified atom stereocenters. The highest BCUT2D eigenvalue weighted by molar-refractivity contribution is 6.03. The Bertz CT molecular complexity index is 1260. The monoisotopic (exact) mass is 446 g/mol. The van der Waals surface area contributed by atoms with Crippen LogP contribution in [0.25, 0.3) is 11.8 Å². The number of imidazole rings is 1. The summed E-state index contributed by atoms with van der Waals surface area (Å²) in [4.78, 5) is 12.4. The number of hydrogen-bond acceptors (Lipinski definition) is 5. The van der Waals surface area contributed by atoms with Gasteiger partial charge in [-0.15, -0.1) is 0 Å². The number of ether oxygens (including phenoxy) is 1. The minimum Gasteiger partial charge on any atom is -0.495 e. The quantitative estimate of drug-likeness (QED) is 0.543. The second-order valence-corrected chi connectivity index (χ2v) is 8.78. The lowest BCUT2D eigenvalue weighted by Crippen LogP contribution is -2.47. The number of fused-ring (bicyclic) bond motifs is 1. The van der Waals surface area contributed by atoms with Gasteiger partial charge in [0.2, 0.25) is 5.72 Å². The molecule has 5 rings (SSSR count). The summed E-state index contributed by atoms with van der Waals surface area (Å²) in [6.45, 7) is 6.59. The number of nitrogens with zero attached hydrogens (tertiary/aromatic N) is 4. The average Bonchev–Trinajstić information content (AvgIpc) is 3.38. The van der Waals surface area contributed by atoms with Gasteiger partial charge in [0.1, 0.15) is 11.6 Å². The number of aromatic nitrogens is 2. The zero-order valence-electron chi connectivity index (χ0n) is 19.3. The molecule has 2 aromatic carbocycles. The molecule has 3 heterocycles. The van der Waals surface area contributed by atoms with Crippen LogP contribution in [0, 0.1) is 19.7 Å². The van der Waals surface area contributed by atoms with Crippen molar-refractivity contribution < 1.29 is 14.0 Å². The van der Waals surface area contributed by atoms with E-state index in [4.69, 9.17) is 9.57 Å². The summed E-state index contributed by atoms with van der Waals surface area (Å²) in [5.74, 6) is 1.30. The molecule has 7 heteroatoms. The van der Waals surface area contributed by atoms with E-state index in [0.717, 1.165) is 64.6 Å². The van der Waals surface area contributed by atoms with Gasteiger partial charge in [0.05, 0.1) is 24.8 Å². The van der Waals surface area contributed by atoms with Crippen molar-refractivity contribution in [3.8, 4) is 11.4 Å². The van der Waals surface area contributed by atoms with Crippen molar-refractivity contribution in [2.24, 2.45) is 5.16 Å². The van der Waals surface area contributed by atoms with E-state index >= 15 is 0 Å². The topological polar surface area (TPSA) is 51.9 Å². The van der Waals surface area contributed by atoms with Gasteiger partial charge >= 0.3 is 0 Å². The van der Waals surface area contributed by atoms with E-state index in [1.54, 1.807) is 13.4 Å². The van der Waals surface area contributed by atoms with Crippen molar-refractivity contribution in [1.29, 1.82) is 0 Å². The zero-order chi connectivity index (χ0) is 23.2. The Morgan fingerprint density at radius 1 is 1.18 bits per heavy atom. The van der Waals surface area contributed by atoms with E-state index < -0.39 is 5.72 Å². The normalized spacial score (nSPS) is 21.1. The van der Waals surface area contributed by atoms with Crippen LogP contribution in [-0.2, 0) is 10.6 Å². The van der Waals surface area contributed by atoms with Crippen molar-refractivity contribution >= 4 is 11.9 Å². The molecule has 0 radical (unpaired) electrons. The van der Waals surface area contributed by atoms with Crippen molar-refractivity contribution in [3.05, 3.63) is 82.7 Å². The van der Waals surface area contributed by atoms with E-state index in [1.807, 2.05) is 49.7 Å². The molecule has 0 saturated carbocycles. The first-order valence-electron chi connectivity index (χ1n) is 11.1. The second-order valence-electron chi connectivity index (χ2n) is 8.78. The molecule has 0 N–H and O–H groups in total. The maximum absolute atomic E-state index is 14.1. The first-order chi connectivity index (χ1) is 15.9. The molecule has 1 fully saturated rings. The van der Waals surface area contributed by atoms with E-state index in [0.29, 0.717) is 0 Å². The van der Waals surface area contributed by atoms with Crippen LogP contribution in [0.15, 0.2) is 59.7 Å². The maximum atomic E-state index is 14.1. The summed E-state index contributed by atoms with van der Waals surface area (Å²) < 4.78 is 21.7. The first kappa shape index (κ1) is 21.2. The Morgan fingerprint density at radius 2 is 2.03 bits per heavy atom. The Labute approximate surface area is 192 Å². The molecule has 170 valence electrons. The fraction of sp³-hybridized carbons (Fsp3) is 0.308. The maximum Gasteiger partial charge on any atom is 0.234 e. The molecule has 1 saturated heterocycles. The van der Waals surface area contributed by atoms with E-state index in [2.05, 4.69) is 27.2 Å². The number of methoxy groups -OCH3 is 1. The smallest absolute Gasteiger partial charge is 0.234 e. The van der Waals surface area contributed by atoms with Gasteiger partial charge in [-0.1, -0.05) is 11.2 Å². The summed E-state index contributed by atoms with van der Waals surface area (Å²) in [5.41, 5.74) is 4.77. The van der Waals surface area contributed by atoms with Crippen molar-refractivity contribution in [1.82, 2.24) is 14.5 Å². The van der Waals surface area contributed by atoms with Crippen LogP contribution >= 0.6 is 0 Å². The highest BCUT2D eigenvalue weighted by Crippen LogP contribution is 2.40. The van der Waals surface area contributed by atoms with Crippen LogP contribution in [0.4, 0.5) is 4.39 Å². The molecule has 2 aliphatic rings. The lowest BCUT2D eigenvalue weighted by Gasteiger charge is -2.37. The fourth-order valence-electron chi connectivity index (χ4n) is 4.62. The Kier molecular flexibility index (Phi) is 5.19. The van der Waals surface area contributed by atoms with Crippen molar-refractivity contribution in [2.45, 2.75) is 39.3 Å². The van der Waals surface area contributed by atoms with Gasteiger partial charge in [0, 0.05) is 25.2 Å².